The number of rotatable bonds is 6. The molecule has 0 atom stereocenters. The van der Waals surface area contributed by atoms with E-state index in [4.69, 9.17) is 9.47 Å². The number of methoxy groups -OCH3 is 1. The molecular formula is C23H24N2O5. The number of ether oxygens (including phenoxy) is 2. The van der Waals surface area contributed by atoms with Gasteiger partial charge in [0.25, 0.3) is 11.8 Å². The molecule has 3 rings (SSSR count). The van der Waals surface area contributed by atoms with E-state index in [-0.39, 0.29) is 5.57 Å². The zero-order valence-electron chi connectivity index (χ0n) is 17.4. The van der Waals surface area contributed by atoms with Crippen molar-refractivity contribution in [2.45, 2.75) is 26.7 Å². The molecule has 1 aliphatic rings. The Kier molecular flexibility index (Phi) is 6.20. The highest BCUT2D eigenvalue weighted by atomic mass is 16.5. The Balaban J connectivity index is 1.97. The average molecular weight is 408 g/mol. The number of carbonyl (C=O) groups is 3. The van der Waals surface area contributed by atoms with Crippen LogP contribution in [0.25, 0.3) is 6.08 Å². The number of nitrogens with zero attached hydrogens (tertiary/aromatic N) is 1. The highest BCUT2D eigenvalue weighted by Gasteiger charge is 2.36. The second kappa shape index (κ2) is 8.82. The van der Waals surface area contributed by atoms with E-state index in [1.54, 1.807) is 30.3 Å². The largest absolute Gasteiger partial charge is 0.493 e. The maximum absolute atomic E-state index is 13.0. The molecule has 2 aromatic rings. The third-order valence-corrected chi connectivity index (χ3v) is 4.72. The molecule has 1 aliphatic heterocycles. The second-order valence-electron chi connectivity index (χ2n) is 7.05. The van der Waals surface area contributed by atoms with Gasteiger partial charge in [-0.3, -0.25) is 14.9 Å². The number of hydrogen-bond acceptors (Lipinski definition) is 5. The van der Waals surface area contributed by atoms with Crippen LogP contribution in [-0.4, -0.2) is 31.6 Å². The first-order valence-corrected chi connectivity index (χ1v) is 9.68. The highest BCUT2D eigenvalue weighted by molar-refractivity contribution is 6.39. The maximum Gasteiger partial charge on any atom is 0.335 e. The zero-order valence-corrected chi connectivity index (χ0v) is 17.4. The number of anilines is 1. The molecule has 0 unspecified atom stereocenters. The molecular weight excluding hydrogens is 384 g/mol. The van der Waals surface area contributed by atoms with Crippen molar-refractivity contribution in [1.29, 1.82) is 0 Å². The topological polar surface area (TPSA) is 84.9 Å². The first-order valence-electron chi connectivity index (χ1n) is 9.68. The van der Waals surface area contributed by atoms with Crippen LogP contribution < -0.4 is 19.7 Å². The highest BCUT2D eigenvalue weighted by Crippen LogP contribution is 2.30. The van der Waals surface area contributed by atoms with E-state index in [0.717, 1.165) is 10.5 Å². The van der Waals surface area contributed by atoms with Gasteiger partial charge in [0.05, 0.1) is 19.4 Å². The van der Waals surface area contributed by atoms with Gasteiger partial charge in [0.1, 0.15) is 5.57 Å². The van der Waals surface area contributed by atoms with Gasteiger partial charge in [-0.2, -0.15) is 0 Å². The van der Waals surface area contributed by atoms with Gasteiger partial charge in [-0.25, -0.2) is 9.69 Å². The Morgan fingerprint density at radius 3 is 2.33 bits per heavy atom. The fraction of sp³-hybridized carbons (Fsp3) is 0.261. The molecule has 7 nitrogen and oxygen atoms in total. The smallest absolute Gasteiger partial charge is 0.335 e. The van der Waals surface area contributed by atoms with Crippen LogP contribution in [0.15, 0.2) is 48.0 Å². The molecule has 1 N–H and O–H groups in total. The van der Waals surface area contributed by atoms with Crippen LogP contribution in [0.5, 0.6) is 11.5 Å². The van der Waals surface area contributed by atoms with Crippen LogP contribution in [0.2, 0.25) is 0 Å². The molecule has 30 heavy (non-hydrogen) atoms. The predicted octanol–water partition coefficient (Wildman–Crippen LogP) is 3.88. The monoisotopic (exact) mass is 408 g/mol. The average Bonchev–Trinajstić information content (AvgIpc) is 2.72. The fourth-order valence-electron chi connectivity index (χ4n) is 3.12. The number of carbonyl (C=O) groups excluding carboxylic acids is 3. The third-order valence-electron chi connectivity index (χ3n) is 4.72. The molecule has 0 aliphatic carbocycles. The lowest BCUT2D eigenvalue weighted by atomic mass is 10.0. The van der Waals surface area contributed by atoms with Gasteiger partial charge in [-0.15, -0.1) is 0 Å². The summed E-state index contributed by atoms with van der Waals surface area (Å²) in [6.07, 6.45) is 1.43. The Morgan fingerprint density at radius 1 is 1.03 bits per heavy atom. The van der Waals surface area contributed by atoms with Gasteiger partial charge >= 0.3 is 6.03 Å². The van der Waals surface area contributed by atoms with E-state index in [2.05, 4.69) is 19.2 Å². The molecule has 156 valence electrons. The third kappa shape index (κ3) is 4.20. The van der Waals surface area contributed by atoms with Gasteiger partial charge in [-0.05, 0) is 54.3 Å². The molecule has 0 aromatic heterocycles. The standard InChI is InChI=1S/C23H24N2O5/c1-5-30-20-13-15(6-11-19(20)29-4)12-18-21(26)24-23(28)25(22(18)27)17-9-7-16(8-10-17)14(2)3/h6-14H,5H2,1-4H3,(H,24,26,28)/b18-12+. The molecule has 4 amide bonds. The van der Waals surface area contributed by atoms with E-state index in [9.17, 15) is 14.4 Å². The van der Waals surface area contributed by atoms with Crippen LogP contribution in [-0.2, 0) is 9.59 Å². The van der Waals surface area contributed by atoms with Gasteiger partial charge in [0.15, 0.2) is 11.5 Å². The molecule has 2 aromatic carbocycles. The molecule has 0 spiro atoms. The summed E-state index contributed by atoms with van der Waals surface area (Å²) in [6, 6.07) is 11.4. The number of barbiturate groups is 1. The first kappa shape index (κ1) is 21.1. The minimum atomic E-state index is -0.774. The number of benzene rings is 2. The van der Waals surface area contributed by atoms with E-state index < -0.39 is 17.8 Å². The lowest BCUT2D eigenvalue weighted by molar-refractivity contribution is -0.122. The lowest BCUT2D eigenvalue weighted by Crippen LogP contribution is -2.54. The van der Waals surface area contributed by atoms with Gasteiger partial charge in [0, 0.05) is 0 Å². The van der Waals surface area contributed by atoms with E-state index >= 15 is 0 Å². The van der Waals surface area contributed by atoms with Gasteiger partial charge in [-0.1, -0.05) is 32.0 Å². The zero-order chi connectivity index (χ0) is 21.8. The number of amides is 4. The van der Waals surface area contributed by atoms with Crippen molar-refractivity contribution in [2.75, 3.05) is 18.6 Å². The van der Waals surface area contributed by atoms with Crippen molar-refractivity contribution in [3.63, 3.8) is 0 Å². The molecule has 1 heterocycles. The Bertz CT molecular complexity index is 1010. The number of hydrogen-bond donors (Lipinski definition) is 1. The van der Waals surface area contributed by atoms with E-state index in [0.29, 0.717) is 35.3 Å². The van der Waals surface area contributed by atoms with E-state index in [1.807, 2.05) is 19.1 Å². The summed E-state index contributed by atoms with van der Waals surface area (Å²) in [5, 5.41) is 2.23. The summed E-state index contributed by atoms with van der Waals surface area (Å²) in [5.74, 6) is -0.0732. The molecule has 0 bridgehead atoms. The van der Waals surface area contributed by atoms with Crippen molar-refractivity contribution in [3.8, 4) is 11.5 Å². The molecule has 7 heteroatoms. The second-order valence-corrected chi connectivity index (χ2v) is 7.05. The Morgan fingerprint density at radius 2 is 1.73 bits per heavy atom. The maximum atomic E-state index is 13.0. The predicted molar refractivity (Wildman–Crippen MR) is 114 cm³/mol. The molecule has 0 radical (unpaired) electrons. The van der Waals surface area contributed by atoms with Gasteiger partial charge < -0.3 is 9.47 Å². The summed E-state index contributed by atoms with van der Waals surface area (Å²) in [4.78, 5) is 38.7. The number of imide groups is 2. The molecule has 0 saturated carbocycles. The summed E-state index contributed by atoms with van der Waals surface area (Å²) >= 11 is 0. The lowest BCUT2D eigenvalue weighted by Gasteiger charge is -2.26. The van der Waals surface area contributed by atoms with Crippen LogP contribution in [0, 0.1) is 0 Å². The quantitative estimate of drug-likeness (QED) is 0.579. The number of urea groups is 1. The minimum absolute atomic E-state index is 0.143. The van der Waals surface area contributed by atoms with Crippen LogP contribution in [0.3, 0.4) is 0 Å². The molecule has 1 fully saturated rings. The Labute approximate surface area is 175 Å². The van der Waals surface area contributed by atoms with Crippen molar-refractivity contribution in [2.24, 2.45) is 0 Å². The van der Waals surface area contributed by atoms with Crippen LogP contribution in [0.1, 0.15) is 37.8 Å². The van der Waals surface area contributed by atoms with Crippen molar-refractivity contribution < 1.29 is 23.9 Å². The summed E-state index contributed by atoms with van der Waals surface area (Å²) in [5.41, 5.74) is 1.90. The summed E-state index contributed by atoms with van der Waals surface area (Å²) < 4.78 is 10.8. The van der Waals surface area contributed by atoms with Crippen LogP contribution in [0.4, 0.5) is 10.5 Å². The number of nitrogens with one attached hydrogen (secondary N) is 1. The van der Waals surface area contributed by atoms with Crippen molar-refractivity contribution >= 4 is 29.6 Å². The fourth-order valence-corrected chi connectivity index (χ4v) is 3.12. The van der Waals surface area contributed by atoms with Crippen LogP contribution >= 0.6 is 0 Å². The van der Waals surface area contributed by atoms with E-state index in [1.165, 1.54) is 13.2 Å². The minimum Gasteiger partial charge on any atom is -0.493 e. The summed E-state index contributed by atoms with van der Waals surface area (Å²) in [6.45, 7) is 6.39. The van der Waals surface area contributed by atoms with Crippen molar-refractivity contribution in [3.05, 3.63) is 59.2 Å². The first-order chi connectivity index (χ1) is 14.3. The van der Waals surface area contributed by atoms with Gasteiger partial charge in [0.2, 0.25) is 0 Å². The Hall–Kier alpha value is -3.61. The normalized spacial score (nSPS) is 15.6. The SMILES string of the molecule is CCOc1cc(/C=C2\C(=O)NC(=O)N(c3ccc(C(C)C)cc3)C2=O)ccc1OC. The summed E-state index contributed by atoms with van der Waals surface area (Å²) in [7, 11) is 1.53. The molecule has 1 saturated heterocycles. The van der Waals surface area contributed by atoms with Crippen molar-refractivity contribution in [1.82, 2.24) is 5.32 Å².